The Kier molecular flexibility index (Phi) is 2.78. The fraction of sp³-hybridized carbons (Fsp3) is 0. The van der Waals surface area contributed by atoms with Crippen LogP contribution in [0.2, 0.25) is 5.15 Å². The number of benzene rings is 1. The summed E-state index contributed by atoms with van der Waals surface area (Å²) in [5.41, 5.74) is 0.942. The first-order chi connectivity index (χ1) is 8.83. The third kappa shape index (κ3) is 2.10. The van der Waals surface area contributed by atoms with Crippen molar-refractivity contribution in [1.82, 2.24) is 15.2 Å². The zero-order valence-electron chi connectivity index (χ0n) is 9.34. The molecule has 0 spiro atoms. The number of rotatable bonds is 2. The van der Waals surface area contributed by atoms with Gasteiger partial charge in [0.05, 0.1) is 0 Å². The van der Waals surface area contributed by atoms with Crippen molar-refractivity contribution in [2.24, 2.45) is 0 Å². The molecule has 0 saturated carbocycles. The number of halogens is 1. The predicted molar refractivity (Wildman–Crippen MR) is 72.1 cm³/mol. The van der Waals surface area contributed by atoms with E-state index < -0.39 is 0 Å². The van der Waals surface area contributed by atoms with E-state index in [-0.39, 0.29) is 0 Å². The van der Waals surface area contributed by atoms with Gasteiger partial charge >= 0.3 is 0 Å². The number of hydrogen-bond acceptors (Lipinski definition) is 4. The highest BCUT2D eigenvalue weighted by Crippen LogP contribution is 2.24. The number of pyridine rings is 1. The maximum Gasteiger partial charge on any atom is 0.153 e. The van der Waals surface area contributed by atoms with Crippen molar-refractivity contribution in [1.29, 1.82) is 0 Å². The molecule has 2 heterocycles. The van der Waals surface area contributed by atoms with E-state index in [0.29, 0.717) is 11.0 Å². The average molecular weight is 257 g/mol. The van der Waals surface area contributed by atoms with Crippen LogP contribution in [0.1, 0.15) is 0 Å². The van der Waals surface area contributed by atoms with Crippen LogP contribution in [0, 0.1) is 0 Å². The van der Waals surface area contributed by atoms with Crippen LogP contribution in [-0.2, 0) is 0 Å². The van der Waals surface area contributed by atoms with Gasteiger partial charge in [-0.05, 0) is 29.7 Å². The lowest BCUT2D eigenvalue weighted by atomic mass is 10.1. The Morgan fingerprint density at radius 2 is 1.94 bits per heavy atom. The molecule has 4 nitrogen and oxygen atoms in total. The number of nitrogens with one attached hydrogen (secondary N) is 1. The van der Waals surface area contributed by atoms with E-state index in [2.05, 4.69) is 20.5 Å². The summed E-state index contributed by atoms with van der Waals surface area (Å²) in [6.45, 7) is 0. The number of nitrogens with zero attached hydrogens (tertiary/aromatic N) is 3. The van der Waals surface area contributed by atoms with Crippen LogP contribution >= 0.6 is 11.6 Å². The Bertz CT molecular complexity index is 677. The molecule has 3 rings (SSSR count). The van der Waals surface area contributed by atoms with E-state index in [1.54, 1.807) is 18.3 Å². The van der Waals surface area contributed by atoms with Crippen molar-refractivity contribution >= 4 is 33.9 Å². The van der Waals surface area contributed by atoms with Gasteiger partial charge in [-0.2, -0.15) is 0 Å². The standard InChI is InChI=1S/C13H9ClN4/c14-12-4-5-13(18-17-12)16-11-3-1-2-9-6-7-15-8-10(9)11/h1-8H,(H,16,18). The zero-order chi connectivity index (χ0) is 12.4. The molecule has 0 fully saturated rings. The Balaban J connectivity index is 2.02. The van der Waals surface area contributed by atoms with Crippen molar-refractivity contribution < 1.29 is 0 Å². The number of hydrogen-bond donors (Lipinski definition) is 1. The summed E-state index contributed by atoms with van der Waals surface area (Å²) in [4.78, 5) is 4.13. The van der Waals surface area contributed by atoms with Crippen LogP contribution < -0.4 is 5.32 Å². The summed E-state index contributed by atoms with van der Waals surface area (Å²) in [6.07, 6.45) is 3.59. The first-order valence-corrected chi connectivity index (χ1v) is 5.80. The molecule has 5 heteroatoms. The SMILES string of the molecule is Clc1ccc(Nc2cccc3ccncc23)nn1. The highest BCUT2D eigenvalue weighted by molar-refractivity contribution is 6.29. The minimum Gasteiger partial charge on any atom is -0.338 e. The highest BCUT2D eigenvalue weighted by atomic mass is 35.5. The molecule has 1 N–H and O–H groups in total. The van der Waals surface area contributed by atoms with E-state index in [1.165, 1.54) is 0 Å². The lowest BCUT2D eigenvalue weighted by molar-refractivity contribution is 1.04. The quantitative estimate of drug-likeness (QED) is 0.763. The van der Waals surface area contributed by atoms with Crippen LogP contribution in [0.25, 0.3) is 10.8 Å². The maximum absolute atomic E-state index is 5.70. The second kappa shape index (κ2) is 4.58. The van der Waals surface area contributed by atoms with Crippen molar-refractivity contribution in [3.8, 4) is 0 Å². The smallest absolute Gasteiger partial charge is 0.153 e. The fourth-order valence-corrected chi connectivity index (χ4v) is 1.84. The molecule has 88 valence electrons. The summed E-state index contributed by atoms with van der Waals surface area (Å²) in [5.74, 6) is 0.649. The topological polar surface area (TPSA) is 50.7 Å². The summed E-state index contributed by atoms with van der Waals surface area (Å²) < 4.78 is 0. The largest absolute Gasteiger partial charge is 0.338 e. The Morgan fingerprint density at radius 3 is 2.78 bits per heavy atom. The van der Waals surface area contributed by atoms with Crippen LogP contribution in [0.15, 0.2) is 48.8 Å². The van der Waals surface area contributed by atoms with E-state index in [1.807, 2.05) is 30.5 Å². The lowest BCUT2D eigenvalue weighted by Gasteiger charge is -2.07. The molecule has 0 unspecified atom stereocenters. The summed E-state index contributed by atoms with van der Waals surface area (Å²) in [5, 5.41) is 13.5. The van der Waals surface area contributed by atoms with Gasteiger partial charge in [0.25, 0.3) is 0 Å². The van der Waals surface area contributed by atoms with Gasteiger partial charge in [0.15, 0.2) is 11.0 Å². The first kappa shape index (κ1) is 10.9. The Labute approximate surface area is 109 Å². The molecule has 0 aliphatic heterocycles. The lowest BCUT2D eigenvalue weighted by Crippen LogP contribution is -1.95. The molecular weight excluding hydrogens is 248 g/mol. The predicted octanol–water partition coefficient (Wildman–Crippen LogP) is 3.42. The third-order valence-electron chi connectivity index (χ3n) is 2.58. The maximum atomic E-state index is 5.70. The number of anilines is 2. The minimum absolute atomic E-state index is 0.375. The normalized spacial score (nSPS) is 10.5. The molecule has 0 bridgehead atoms. The van der Waals surface area contributed by atoms with E-state index >= 15 is 0 Å². The van der Waals surface area contributed by atoms with Gasteiger partial charge in [-0.25, -0.2) is 0 Å². The van der Waals surface area contributed by atoms with Gasteiger partial charge in [-0.15, -0.1) is 10.2 Å². The second-order valence-corrected chi connectivity index (χ2v) is 4.16. The molecule has 18 heavy (non-hydrogen) atoms. The average Bonchev–Trinajstić information content (AvgIpc) is 2.42. The van der Waals surface area contributed by atoms with Crippen molar-refractivity contribution in [3.05, 3.63) is 53.9 Å². The molecule has 1 aromatic carbocycles. The van der Waals surface area contributed by atoms with Crippen molar-refractivity contribution in [2.75, 3.05) is 5.32 Å². The van der Waals surface area contributed by atoms with Crippen molar-refractivity contribution in [2.45, 2.75) is 0 Å². The molecule has 0 atom stereocenters. The Hall–Kier alpha value is -2.20. The molecule has 2 aromatic heterocycles. The van der Waals surface area contributed by atoms with Gasteiger partial charge in [0.2, 0.25) is 0 Å². The summed E-state index contributed by atoms with van der Waals surface area (Å²) >= 11 is 5.70. The van der Waals surface area contributed by atoms with Gasteiger partial charge in [-0.1, -0.05) is 23.7 Å². The number of aromatic nitrogens is 3. The van der Waals surface area contributed by atoms with Crippen LogP contribution in [0.3, 0.4) is 0 Å². The molecule has 0 radical (unpaired) electrons. The summed E-state index contributed by atoms with van der Waals surface area (Å²) in [7, 11) is 0. The monoisotopic (exact) mass is 256 g/mol. The van der Waals surface area contributed by atoms with E-state index in [0.717, 1.165) is 16.5 Å². The van der Waals surface area contributed by atoms with Gasteiger partial charge in [0, 0.05) is 23.5 Å². The minimum atomic E-state index is 0.375. The molecule has 0 aliphatic carbocycles. The van der Waals surface area contributed by atoms with Crippen LogP contribution in [0.4, 0.5) is 11.5 Å². The van der Waals surface area contributed by atoms with Gasteiger partial charge < -0.3 is 5.32 Å². The molecule has 0 aliphatic rings. The molecule has 3 aromatic rings. The van der Waals surface area contributed by atoms with Gasteiger partial charge in [-0.3, -0.25) is 4.98 Å². The first-order valence-electron chi connectivity index (χ1n) is 5.42. The number of fused-ring (bicyclic) bond motifs is 1. The molecule has 0 saturated heterocycles. The van der Waals surface area contributed by atoms with E-state index in [4.69, 9.17) is 11.6 Å². The van der Waals surface area contributed by atoms with Crippen LogP contribution in [0.5, 0.6) is 0 Å². The summed E-state index contributed by atoms with van der Waals surface area (Å²) in [6, 6.07) is 11.4. The zero-order valence-corrected chi connectivity index (χ0v) is 10.1. The molecular formula is C13H9ClN4. The highest BCUT2D eigenvalue weighted by Gasteiger charge is 2.02. The fourth-order valence-electron chi connectivity index (χ4n) is 1.74. The van der Waals surface area contributed by atoms with Crippen molar-refractivity contribution in [3.63, 3.8) is 0 Å². The third-order valence-corrected chi connectivity index (χ3v) is 2.78. The molecule has 0 amide bonds. The van der Waals surface area contributed by atoms with E-state index in [9.17, 15) is 0 Å². The van der Waals surface area contributed by atoms with Gasteiger partial charge in [0.1, 0.15) is 0 Å². The Morgan fingerprint density at radius 1 is 1.00 bits per heavy atom. The van der Waals surface area contributed by atoms with Crippen LogP contribution in [-0.4, -0.2) is 15.2 Å². The second-order valence-electron chi connectivity index (χ2n) is 3.77.